The van der Waals surface area contributed by atoms with Gasteiger partial charge in [0.05, 0.1) is 5.56 Å². The second kappa shape index (κ2) is 4.61. The molecule has 1 atom stereocenters. The van der Waals surface area contributed by atoms with Gasteiger partial charge in [0, 0.05) is 18.7 Å². The van der Waals surface area contributed by atoms with Crippen LogP contribution in [0.1, 0.15) is 12.0 Å². The highest BCUT2D eigenvalue weighted by molar-refractivity contribution is 5.95. The molecule has 0 saturated carbocycles. The Kier molecular flexibility index (Phi) is 3.30. The lowest BCUT2D eigenvalue weighted by molar-refractivity contribution is -0.137. The third-order valence-electron chi connectivity index (χ3n) is 3.02. The average molecular weight is 258 g/mol. The second-order valence-corrected chi connectivity index (χ2v) is 4.36. The lowest BCUT2D eigenvalue weighted by atomic mass is 10.1. The van der Waals surface area contributed by atoms with E-state index in [1.807, 2.05) is 0 Å². The van der Waals surface area contributed by atoms with Gasteiger partial charge in [-0.1, -0.05) is 6.07 Å². The van der Waals surface area contributed by atoms with E-state index in [0.29, 0.717) is 19.5 Å². The molecule has 1 aromatic carbocycles. The maximum Gasteiger partial charge on any atom is 0.416 e. The van der Waals surface area contributed by atoms with E-state index in [4.69, 9.17) is 5.73 Å². The van der Waals surface area contributed by atoms with Crippen molar-refractivity contribution in [3.05, 3.63) is 29.8 Å². The molecule has 6 heteroatoms. The zero-order valence-electron chi connectivity index (χ0n) is 9.57. The van der Waals surface area contributed by atoms with Gasteiger partial charge in [0.15, 0.2) is 0 Å². The van der Waals surface area contributed by atoms with Gasteiger partial charge < -0.3 is 10.6 Å². The molecule has 0 aromatic heterocycles. The minimum absolute atomic E-state index is 0.0204. The fourth-order valence-electron chi connectivity index (χ4n) is 2.04. The van der Waals surface area contributed by atoms with Crippen molar-refractivity contribution < 1.29 is 18.0 Å². The normalized spacial score (nSPS) is 20.6. The number of halogens is 3. The Bertz CT molecular complexity index is 459. The Morgan fingerprint density at radius 2 is 2.11 bits per heavy atom. The van der Waals surface area contributed by atoms with Crippen molar-refractivity contribution in [3.63, 3.8) is 0 Å². The summed E-state index contributed by atoms with van der Waals surface area (Å²) in [7, 11) is 0. The minimum atomic E-state index is -4.40. The highest BCUT2D eigenvalue weighted by Gasteiger charge is 2.33. The Morgan fingerprint density at radius 1 is 1.39 bits per heavy atom. The van der Waals surface area contributed by atoms with Crippen LogP contribution in [0.25, 0.3) is 0 Å². The Labute approximate surface area is 102 Å². The largest absolute Gasteiger partial charge is 0.416 e. The molecule has 1 aromatic rings. The van der Waals surface area contributed by atoms with Gasteiger partial charge in [-0.2, -0.15) is 13.2 Å². The zero-order chi connectivity index (χ0) is 13.3. The maximum atomic E-state index is 12.6. The Hall–Kier alpha value is -1.56. The van der Waals surface area contributed by atoms with Crippen LogP contribution >= 0.6 is 0 Å². The molecule has 98 valence electrons. The lowest BCUT2D eigenvalue weighted by Gasteiger charge is -2.18. The van der Waals surface area contributed by atoms with Crippen LogP contribution in [0, 0.1) is 5.92 Å². The molecule has 2 rings (SSSR count). The zero-order valence-corrected chi connectivity index (χ0v) is 9.57. The molecule has 3 nitrogen and oxygen atoms in total. The van der Waals surface area contributed by atoms with Crippen LogP contribution in [0.4, 0.5) is 18.9 Å². The Morgan fingerprint density at radius 3 is 2.67 bits per heavy atom. The first-order valence-electron chi connectivity index (χ1n) is 5.59. The monoisotopic (exact) mass is 258 g/mol. The molecular weight excluding hydrogens is 245 g/mol. The summed E-state index contributed by atoms with van der Waals surface area (Å²) in [5.41, 5.74) is 5.01. The van der Waals surface area contributed by atoms with E-state index >= 15 is 0 Å². The molecule has 1 fully saturated rings. The summed E-state index contributed by atoms with van der Waals surface area (Å²) in [6, 6.07) is 4.80. The highest BCUT2D eigenvalue weighted by Crippen LogP contribution is 2.33. The number of amides is 1. The minimum Gasteiger partial charge on any atom is -0.330 e. The molecule has 1 unspecified atom stereocenters. The number of benzene rings is 1. The number of alkyl halides is 3. The van der Waals surface area contributed by atoms with E-state index in [1.165, 1.54) is 17.0 Å². The first-order valence-corrected chi connectivity index (χ1v) is 5.59. The molecule has 18 heavy (non-hydrogen) atoms. The number of anilines is 1. The number of carbonyl (C=O) groups is 1. The third kappa shape index (κ3) is 2.48. The van der Waals surface area contributed by atoms with Gasteiger partial charge in [0.2, 0.25) is 5.91 Å². The van der Waals surface area contributed by atoms with Crippen molar-refractivity contribution in [2.24, 2.45) is 11.7 Å². The SMILES string of the molecule is NCC1CC(=O)N(c2cccc(C(F)(F)F)c2)C1. The topological polar surface area (TPSA) is 46.3 Å². The fraction of sp³-hybridized carbons (Fsp3) is 0.417. The smallest absolute Gasteiger partial charge is 0.330 e. The second-order valence-electron chi connectivity index (χ2n) is 4.36. The molecule has 0 bridgehead atoms. The quantitative estimate of drug-likeness (QED) is 0.882. The number of nitrogens with zero attached hydrogens (tertiary/aromatic N) is 1. The van der Waals surface area contributed by atoms with E-state index in [0.717, 1.165) is 12.1 Å². The van der Waals surface area contributed by atoms with Crippen molar-refractivity contribution in [1.82, 2.24) is 0 Å². The summed E-state index contributed by atoms with van der Waals surface area (Å²) >= 11 is 0. The van der Waals surface area contributed by atoms with Gasteiger partial charge in [-0.25, -0.2) is 0 Å². The van der Waals surface area contributed by atoms with Crippen LogP contribution in [-0.4, -0.2) is 19.0 Å². The molecule has 1 aliphatic heterocycles. The van der Waals surface area contributed by atoms with Crippen LogP contribution in [0.5, 0.6) is 0 Å². The summed E-state index contributed by atoms with van der Waals surface area (Å²) in [6.45, 7) is 0.748. The van der Waals surface area contributed by atoms with Crippen LogP contribution in [0.2, 0.25) is 0 Å². The van der Waals surface area contributed by atoms with Gasteiger partial charge in [0.1, 0.15) is 0 Å². The summed E-state index contributed by atoms with van der Waals surface area (Å²) in [4.78, 5) is 13.1. The first-order chi connectivity index (χ1) is 8.41. The molecule has 1 saturated heterocycles. The standard InChI is InChI=1S/C12H13F3N2O/c13-12(14,15)9-2-1-3-10(5-9)17-7-8(6-16)4-11(17)18/h1-3,5,8H,4,6-7,16H2. The van der Waals surface area contributed by atoms with E-state index in [9.17, 15) is 18.0 Å². The molecule has 0 radical (unpaired) electrons. The van der Waals surface area contributed by atoms with Crippen molar-refractivity contribution in [1.29, 1.82) is 0 Å². The first kappa shape index (κ1) is 12.9. The average Bonchev–Trinajstić information content (AvgIpc) is 2.70. The summed E-state index contributed by atoms with van der Waals surface area (Å²) in [6.07, 6.45) is -4.10. The van der Waals surface area contributed by atoms with Gasteiger partial charge >= 0.3 is 6.18 Å². The molecule has 1 aliphatic rings. The van der Waals surface area contributed by atoms with E-state index in [2.05, 4.69) is 0 Å². The molecule has 2 N–H and O–H groups in total. The van der Waals surface area contributed by atoms with E-state index in [-0.39, 0.29) is 17.5 Å². The maximum absolute atomic E-state index is 12.6. The van der Waals surface area contributed by atoms with E-state index < -0.39 is 11.7 Å². The van der Waals surface area contributed by atoms with Gasteiger partial charge in [0.25, 0.3) is 0 Å². The fourth-order valence-corrected chi connectivity index (χ4v) is 2.04. The molecule has 0 aliphatic carbocycles. The number of nitrogens with two attached hydrogens (primary N) is 1. The number of hydrogen-bond donors (Lipinski definition) is 1. The number of hydrogen-bond acceptors (Lipinski definition) is 2. The van der Waals surface area contributed by atoms with Crippen molar-refractivity contribution >= 4 is 11.6 Å². The van der Waals surface area contributed by atoms with Crippen molar-refractivity contribution in [3.8, 4) is 0 Å². The molecule has 0 spiro atoms. The molecular formula is C12H13F3N2O. The third-order valence-corrected chi connectivity index (χ3v) is 3.02. The number of carbonyl (C=O) groups excluding carboxylic acids is 1. The van der Waals surface area contributed by atoms with Crippen LogP contribution in [-0.2, 0) is 11.0 Å². The lowest BCUT2D eigenvalue weighted by Crippen LogP contribution is -2.26. The van der Waals surface area contributed by atoms with Gasteiger partial charge in [-0.15, -0.1) is 0 Å². The molecule has 1 heterocycles. The van der Waals surface area contributed by atoms with Crippen molar-refractivity contribution in [2.75, 3.05) is 18.0 Å². The van der Waals surface area contributed by atoms with Crippen molar-refractivity contribution in [2.45, 2.75) is 12.6 Å². The van der Waals surface area contributed by atoms with Gasteiger partial charge in [-0.3, -0.25) is 4.79 Å². The Balaban J connectivity index is 2.27. The highest BCUT2D eigenvalue weighted by atomic mass is 19.4. The summed E-state index contributed by atoms with van der Waals surface area (Å²) in [5, 5.41) is 0. The number of rotatable bonds is 2. The summed E-state index contributed by atoms with van der Waals surface area (Å²) < 4.78 is 37.7. The van der Waals surface area contributed by atoms with Crippen LogP contribution in [0.15, 0.2) is 24.3 Å². The summed E-state index contributed by atoms with van der Waals surface area (Å²) in [5.74, 6) is -0.156. The van der Waals surface area contributed by atoms with Gasteiger partial charge in [-0.05, 0) is 30.7 Å². The van der Waals surface area contributed by atoms with E-state index in [1.54, 1.807) is 0 Å². The molecule has 1 amide bonds. The predicted molar refractivity (Wildman–Crippen MR) is 61.0 cm³/mol. The predicted octanol–water partition coefficient (Wildman–Crippen LogP) is 2.02. The van der Waals surface area contributed by atoms with Crippen LogP contribution < -0.4 is 10.6 Å². The van der Waals surface area contributed by atoms with Crippen LogP contribution in [0.3, 0.4) is 0 Å².